The maximum Gasteiger partial charge on any atom is 0.312 e. The van der Waals surface area contributed by atoms with Crippen LogP contribution in [0.1, 0.15) is 32.4 Å². The van der Waals surface area contributed by atoms with Gasteiger partial charge in [-0.25, -0.2) is 4.79 Å². The first-order chi connectivity index (χ1) is 6.91. The molecule has 0 radical (unpaired) electrons. The Morgan fingerprint density at radius 1 is 1.27 bits per heavy atom. The summed E-state index contributed by atoms with van der Waals surface area (Å²) in [5.74, 6) is 0. The number of carbonyl (C=O) groups excluding carboxylic acids is 1. The van der Waals surface area contributed by atoms with Crippen LogP contribution in [-0.2, 0) is 0 Å². The molecule has 1 unspecified atom stereocenters. The number of nitrogens with one attached hydrogen (secondary N) is 1. The molecule has 0 heterocycles. The van der Waals surface area contributed by atoms with Gasteiger partial charge in [0.05, 0.1) is 6.04 Å². The van der Waals surface area contributed by atoms with Gasteiger partial charge in [0, 0.05) is 0 Å². The van der Waals surface area contributed by atoms with Gasteiger partial charge in [-0.2, -0.15) is 0 Å². The second kappa shape index (κ2) is 4.34. The Bertz CT molecular complexity index is 327. The molecule has 3 nitrogen and oxygen atoms in total. The van der Waals surface area contributed by atoms with E-state index in [1.54, 1.807) is 0 Å². The molecule has 0 saturated carbocycles. The number of amides is 2. The van der Waals surface area contributed by atoms with Crippen LogP contribution < -0.4 is 11.1 Å². The van der Waals surface area contributed by atoms with E-state index in [9.17, 15) is 4.79 Å². The second-order valence-corrected chi connectivity index (χ2v) is 4.72. The highest BCUT2D eigenvalue weighted by molar-refractivity contribution is 5.72. The third-order valence-corrected chi connectivity index (χ3v) is 2.29. The van der Waals surface area contributed by atoms with Crippen LogP contribution in [0.25, 0.3) is 0 Å². The van der Waals surface area contributed by atoms with E-state index in [4.69, 9.17) is 5.73 Å². The van der Waals surface area contributed by atoms with Crippen LogP contribution in [-0.4, -0.2) is 6.03 Å². The van der Waals surface area contributed by atoms with Crippen LogP contribution in [0.15, 0.2) is 30.3 Å². The van der Waals surface area contributed by atoms with Crippen LogP contribution in [0.4, 0.5) is 4.79 Å². The lowest BCUT2D eigenvalue weighted by atomic mass is 9.82. The molecule has 1 aromatic carbocycles. The van der Waals surface area contributed by atoms with Gasteiger partial charge in [0.25, 0.3) is 0 Å². The summed E-state index contributed by atoms with van der Waals surface area (Å²) in [6.07, 6.45) is 0. The van der Waals surface area contributed by atoms with Crippen molar-refractivity contribution in [3.63, 3.8) is 0 Å². The molecule has 0 saturated heterocycles. The van der Waals surface area contributed by atoms with Gasteiger partial charge < -0.3 is 11.1 Å². The molecule has 3 N–H and O–H groups in total. The van der Waals surface area contributed by atoms with Crippen LogP contribution in [0, 0.1) is 5.41 Å². The fourth-order valence-corrected chi connectivity index (χ4v) is 1.59. The highest BCUT2D eigenvalue weighted by Gasteiger charge is 2.26. The Morgan fingerprint density at radius 3 is 2.20 bits per heavy atom. The molecule has 1 atom stereocenters. The number of carbonyl (C=O) groups is 1. The lowest BCUT2D eigenvalue weighted by molar-refractivity contribution is 0.226. The van der Waals surface area contributed by atoms with Crippen molar-refractivity contribution in [1.29, 1.82) is 0 Å². The van der Waals surface area contributed by atoms with E-state index in [0.29, 0.717) is 0 Å². The van der Waals surface area contributed by atoms with Gasteiger partial charge in [0.2, 0.25) is 0 Å². The zero-order valence-electron chi connectivity index (χ0n) is 9.45. The molecule has 1 aromatic rings. The summed E-state index contributed by atoms with van der Waals surface area (Å²) in [4.78, 5) is 10.9. The highest BCUT2D eigenvalue weighted by Crippen LogP contribution is 2.32. The fourth-order valence-electron chi connectivity index (χ4n) is 1.59. The number of hydrogen-bond acceptors (Lipinski definition) is 1. The van der Waals surface area contributed by atoms with Crippen LogP contribution >= 0.6 is 0 Å². The number of primary amides is 1. The zero-order valence-corrected chi connectivity index (χ0v) is 9.45. The Kier molecular flexibility index (Phi) is 3.35. The molecule has 15 heavy (non-hydrogen) atoms. The zero-order chi connectivity index (χ0) is 11.5. The number of hydrogen-bond donors (Lipinski definition) is 2. The average molecular weight is 206 g/mol. The molecule has 0 aliphatic carbocycles. The largest absolute Gasteiger partial charge is 0.352 e. The lowest BCUT2D eigenvalue weighted by Gasteiger charge is -2.31. The van der Waals surface area contributed by atoms with E-state index in [1.165, 1.54) is 0 Å². The highest BCUT2D eigenvalue weighted by atomic mass is 16.2. The maximum absolute atomic E-state index is 10.9. The second-order valence-electron chi connectivity index (χ2n) is 4.72. The minimum atomic E-state index is -0.487. The van der Waals surface area contributed by atoms with Gasteiger partial charge in [0.15, 0.2) is 0 Å². The number of rotatable bonds is 2. The monoisotopic (exact) mass is 206 g/mol. The average Bonchev–Trinajstić information content (AvgIpc) is 2.14. The molecule has 0 bridgehead atoms. The van der Waals surface area contributed by atoms with Gasteiger partial charge >= 0.3 is 6.03 Å². The van der Waals surface area contributed by atoms with Crippen molar-refractivity contribution in [2.24, 2.45) is 11.1 Å². The van der Waals surface area contributed by atoms with Crippen molar-refractivity contribution < 1.29 is 4.79 Å². The minimum absolute atomic E-state index is 0.0591. The molecule has 0 aromatic heterocycles. The summed E-state index contributed by atoms with van der Waals surface area (Å²) in [5.41, 5.74) is 6.19. The molecule has 3 heteroatoms. The Labute approximate surface area is 90.7 Å². The number of benzene rings is 1. The topological polar surface area (TPSA) is 55.1 Å². The molecule has 0 spiro atoms. The molecular formula is C12H18N2O. The first-order valence-electron chi connectivity index (χ1n) is 5.02. The molecular weight excluding hydrogens is 188 g/mol. The Hall–Kier alpha value is -1.51. The summed E-state index contributed by atoms with van der Waals surface area (Å²) in [5, 5.41) is 2.77. The van der Waals surface area contributed by atoms with Crippen molar-refractivity contribution in [1.82, 2.24) is 5.32 Å². The molecule has 0 fully saturated rings. The maximum atomic E-state index is 10.9. The van der Waals surface area contributed by atoms with Crippen LogP contribution in [0.5, 0.6) is 0 Å². The van der Waals surface area contributed by atoms with Gasteiger partial charge in [-0.3, -0.25) is 0 Å². The third-order valence-electron chi connectivity index (χ3n) is 2.29. The van der Waals surface area contributed by atoms with Gasteiger partial charge in [-0.05, 0) is 11.0 Å². The van der Waals surface area contributed by atoms with E-state index in [0.717, 1.165) is 5.56 Å². The van der Waals surface area contributed by atoms with E-state index >= 15 is 0 Å². The molecule has 0 aliphatic rings. The van der Waals surface area contributed by atoms with E-state index in [2.05, 4.69) is 26.1 Å². The Morgan fingerprint density at radius 2 is 1.80 bits per heavy atom. The minimum Gasteiger partial charge on any atom is -0.352 e. The third kappa shape index (κ3) is 3.27. The summed E-state index contributed by atoms with van der Waals surface area (Å²) in [7, 11) is 0. The summed E-state index contributed by atoms with van der Waals surface area (Å²) < 4.78 is 0. The van der Waals surface area contributed by atoms with Crippen molar-refractivity contribution in [2.75, 3.05) is 0 Å². The van der Waals surface area contributed by atoms with Crippen molar-refractivity contribution in [2.45, 2.75) is 26.8 Å². The predicted molar refractivity (Wildman–Crippen MR) is 61.4 cm³/mol. The molecule has 82 valence electrons. The molecule has 0 aliphatic heterocycles. The standard InChI is InChI=1S/C12H18N2O/c1-12(2,3)10(14-11(13)15)9-7-5-4-6-8-9/h4-8,10H,1-3H3,(H3,13,14,15). The first kappa shape index (κ1) is 11.6. The van der Waals surface area contributed by atoms with Gasteiger partial charge in [0.1, 0.15) is 0 Å². The normalized spacial score (nSPS) is 13.3. The number of nitrogens with two attached hydrogens (primary N) is 1. The Balaban J connectivity index is 2.97. The van der Waals surface area contributed by atoms with Crippen molar-refractivity contribution >= 4 is 6.03 Å². The SMILES string of the molecule is CC(C)(C)C(NC(N)=O)c1ccccc1. The van der Waals surface area contributed by atoms with E-state index in [-0.39, 0.29) is 11.5 Å². The fraction of sp³-hybridized carbons (Fsp3) is 0.417. The van der Waals surface area contributed by atoms with Gasteiger partial charge in [-0.1, -0.05) is 51.1 Å². The van der Waals surface area contributed by atoms with Crippen LogP contribution in [0.2, 0.25) is 0 Å². The predicted octanol–water partition coefficient (Wildman–Crippen LogP) is 2.44. The number of urea groups is 1. The van der Waals surface area contributed by atoms with Crippen molar-refractivity contribution in [3.8, 4) is 0 Å². The smallest absolute Gasteiger partial charge is 0.312 e. The summed E-state index contributed by atoms with van der Waals surface area (Å²) >= 11 is 0. The summed E-state index contributed by atoms with van der Waals surface area (Å²) in [6, 6.07) is 9.30. The quantitative estimate of drug-likeness (QED) is 0.767. The van der Waals surface area contributed by atoms with Gasteiger partial charge in [-0.15, -0.1) is 0 Å². The summed E-state index contributed by atoms with van der Waals surface area (Å²) in [6.45, 7) is 6.21. The van der Waals surface area contributed by atoms with E-state index < -0.39 is 6.03 Å². The van der Waals surface area contributed by atoms with E-state index in [1.807, 2.05) is 30.3 Å². The lowest BCUT2D eigenvalue weighted by Crippen LogP contribution is -2.39. The molecule has 2 amide bonds. The van der Waals surface area contributed by atoms with Crippen LogP contribution in [0.3, 0.4) is 0 Å². The first-order valence-corrected chi connectivity index (χ1v) is 5.02. The van der Waals surface area contributed by atoms with Crippen molar-refractivity contribution in [3.05, 3.63) is 35.9 Å². The molecule has 1 rings (SSSR count).